The molecule has 0 heterocycles. The number of hydrogen-bond donors (Lipinski definition) is 1. The molecule has 3 aromatic carbocycles. The molecule has 5 nitrogen and oxygen atoms in total. The van der Waals surface area contributed by atoms with E-state index in [-0.39, 0.29) is 23.9 Å². The second-order valence-corrected chi connectivity index (χ2v) is 10.4. The summed E-state index contributed by atoms with van der Waals surface area (Å²) in [6, 6.07) is 19.7. The van der Waals surface area contributed by atoms with Gasteiger partial charge in [0.2, 0.25) is 15.9 Å². The quantitative estimate of drug-likeness (QED) is 0.484. The van der Waals surface area contributed by atoms with Gasteiger partial charge in [-0.15, -0.1) is 0 Å². The zero-order chi connectivity index (χ0) is 22.6. The van der Waals surface area contributed by atoms with Gasteiger partial charge >= 0.3 is 0 Å². The van der Waals surface area contributed by atoms with Gasteiger partial charge in [0.1, 0.15) is 0 Å². The second-order valence-electron chi connectivity index (χ2n) is 7.58. The molecule has 0 saturated heterocycles. The average Bonchev–Trinajstić information content (AvgIpc) is 2.71. The smallest absolute Gasteiger partial charge is 0.243 e. The van der Waals surface area contributed by atoms with Crippen LogP contribution in [0.3, 0.4) is 0 Å². The van der Waals surface area contributed by atoms with Gasteiger partial charge in [-0.2, -0.15) is 4.31 Å². The van der Waals surface area contributed by atoms with E-state index in [0.717, 1.165) is 26.7 Å². The number of nitrogens with zero attached hydrogens (tertiary/aromatic N) is 1. The van der Waals surface area contributed by atoms with Crippen molar-refractivity contribution >= 4 is 37.5 Å². The van der Waals surface area contributed by atoms with Crippen molar-refractivity contribution in [3.8, 4) is 0 Å². The first-order valence-electron chi connectivity index (χ1n) is 9.83. The van der Waals surface area contributed by atoms with E-state index >= 15 is 0 Å². The van der Waals surface area contributed by atoms with Gasteiger partial charge in [-0.25, -0.2) is 8.42 Å². The molecule has 1 N–H and O–H groups in total. The molecule has 0 aliphatic carbocycles. The predicted molar refractivity (Wildman–Crippen MR) is 127 cm³/mol. The van der Waals surface area contributed by atoms with E-state index in [1.165, 1.54) is 16.4 Å². The fourth-order valence-corrected chi connectivity index (χ4v) is 4.83. The summed E-state index contributed by atoms with van der Waals surface area (Å²) >= 11 is 3.33. The standard InChI is InChI=1S/C24H25BrN2O3S/c1-17-4-7-20(8-5-17)15-27(31(29,30)22-11-9-21(25)10-12-22)16-24(28)26-23-13-6-18(2)14-19(23)3/h4-14H,15-16H2,1-3H3,(H,26,28). The first-order chi connectivity index (χ1) is 14.6. The number of rotatable bonds is 7. The fourth-order valence-electron chi connectivity index (χ4n) is 3.18. The number of sulfonamides is 1. The number of benzene rings is 3. The highest BCUT2D eigenvalue weighted by atomic mass is 79.9. The average molecular weight is 501 g/mol. The number of amides is 1. The minimum Gasteiger partial charge on any atom is -0.325 e. The summed E-state index contributed by atoms with van der Waals surface area (Å²) in [5, 5.41) is 2.84. The van der Waals surface area contributed by atoms with Gasteiger partial charge in [-0.3, -0.25) is 4.79 Å². The van der Waals surface area contributed by atoms with Gasteiger partial charge in [0.25, 0.3) is 0 Å². The Bertz CT molecular complexity index is 1170. The Labute approximate surface area is 192 Å². The Morgan fingerprint density at radius 2 is 1.52 bits per heavy atom. The first-order valence-corrected chi connectivity index (χ1v) is 12.1. The monoisotopic (exact) mass is 500 g/mol. The van der Waals surface area contributed by atoms with E-state index in [9.17, 15) is 13.2 Å². The maximum absolute atomic E-state index is 13.3. The number of carbonyl (C=O) groups is 1. The van der Waals surface area contributed by atoms with Crippen LogP contribution >= 0.6 is 15.9 Å². The molecule has 162 valence electrons. The van der Waals surface area contributed by atoms with Gasteiger partial charge in [-0.05, 0) is 62.2 Å². The van der Waals surface area contributed by atoms with Crippen molar-refractivity contribution in [3.63, 3.8) is 0 Å². The highest BCUT2D eigenvalue weighted by Crippen LogP contribution is 2.22. The molecule has 0 radical (unpaired) electrons. The van der Waals surface area contributed by atoms with E-state index in [1.54, 1.807) is 12.1 Å². The molecule has 0 aliphatic rings. The van der Waals surface area contributed by atoms with Crippen LogP contribution in [0.15, 0.2) is 76.1 Å². The molecular formula is C24H25BrN2O3S. The predicted octanol–water partition coefficient (Wildman–Crippen LogP) is 5.20. The van der Waals surface area contributed by atoms with Crippen LogP contribution in [0.25, 0.3) is 0 Å². The molecule has 31 heavy (non-hydrogen) atoms. The van der Waals surface area contributed by atoms with E-state index < -0.39 is 10.0 Å². The molecule has 3 aromatic rings. The van der Waals surface area contributed by atoms with E-state index in [1.807, 2.05) is 63.2 Å². The number of carbonyl (C=O) groups excluding carboxylic acids is 1. The molecule has 0 aromatic heterocycles. The first kappa shape index (κ1) is 23.2. The van der Waals surface area contributed by atoms with Crippen LogP contribution in [0.4, 0.5) is 5.69 Å². The van der Waals surface area contributed by atoms with Crippen LogP contribution in [0, 0.1) is 20.8 Å². The maximum Gasteiger partial charge on any atom is 0.243 e. The molecule has 0 fully saturated rings. The normalized spacial score (nSPS) is 11.5. The van der Waals surface area contributed by atoms with Gasteiger partial charge in [0.05, 0.1) is 11.4 Å². The summed E-state index contributed by atoms with van der Waals surface area (Å²) < 4.78 is 28.7. The number of halogens is 1. The van der Waals surface area contributed by atoms with E-state index in [4.69, 9.17) is 0 Å². The Kier molecular flexibility index (Phi) is 7.30. The molecule has 3 rings (SSSR count). The lowest BCUT2D eigenvalue weighted by Gasteiger charge is -2.22. The van der Waals surface area contributed by atoms with Crippen LogP contribution in [0.2, 0.25) is 0 Å². The molecule has 1 amide bonds. The van der Waals surface area contributed by atoms with Gasteiger partial charge in [-0.1, -0.05) is 63.5 Å². The zero-order valence-corrected chi connectivity index (χ0v) is 20.1. The van der Waals surface area contributed by atoms with Crippen molar-refractivity contribution in [1.82, 2.24) is 4.31 Å². The van der Waals surface area contributed by atoms with E-state index in [2.05, 4.69) is 21.2 Å². The summed E-state index contributed by atoms with van der Waals surface area (Å²) in [6.07, 6.45) is 0. The Balaban J connectivity index is 1.88. The van der Waals surface area contributed by atoms with Crippen LogP contribution in [-0.4, -0.2) is 25.2 Å². The SMILES string of the molecule is Cc1ccc(CN(CC(=O)Nc2ccc(C)cc2C)S(=O)(=O)c2ccc(Br)cc2)cc1. The van der Waals surface area contributed by atoms with Crippen molar-refractivity contribution in [2.45, 2.75) is 32.2 Å². The summed E-state index contributed by atoms with van der Waals surface area (Å²) in [4.78, 5) is 13.0. The molecule has 0 unspecified atom stereocenters. The summed E-state index contributed by atoms with van der Waals surface area (Å²) in [5.41, 5.74) is 4.58. The van der Waals surface area contributed by atoms with Crippen molar-refractivity contribution in [1.29, 1.82) is 0 Å². The van der Waals surface area contributed by atoms with Crippen LogP contribution in [0.1, 0.15) is 22.3 Å². The summed E-state index contributed by atoms with van der Waals surface area (Å²) in [5.74, 6) is -0.389. The third-order valence-electron chi connectivity index (χ3n) is 4.91. The minimum atomic E-state index is -3.88. The van der Waals surface area contributed by atoms with Gasteiger partial charge in [0.15, 0.2) is 0 Å². The number of hydrogen-bond acceptors (Lipinski definition) is 3. The third kappa shape index (κ3) is 6.03. The number of anilines is 1. The molecule has 0 aliphatic heterocycles. The summed E-state index contributed by atoms with van der Waals surface area (Å²) in [7, 11) is -3.88. The van der Waals surface area contributed by atoms with Crippen LogP contribution in [-0.2, 0) is 21.4 Å². The lowest BCUT2D eigenvalue weighted by atomic mass is 10.1. The highest BCUT2D eigenvalue weighted by Gasteiger charge is 2.27. The van der Waals surface area contributed by atoms with Crippen LogP contribution < -0.4 is 5.32 Å². The Morgan fingerprint density at radius 1 is 0.903 bits per heavy atom. The lowest BCUT2D eigenvalue weighted by molar-refractivity contribution is -0.116. The van der Waals surface area contributed by atoms with Crippen molar-refractivity contribution in [2.75, 3.05) is 11.9 Å². The number of aryl methyl sites for hydroxylation is 3. The van der Waals surface area contributed by atoms with Crippen molar-refractivity contribution in [2.24, 2.45) is 0 Å². The zero-order valence-electron chi connectivity index (χ0n) is 17.7. The Hall–Kier alpha value is -2.48. The largest absolute Gasteiger partial charge is 0.325 e. The molecule has 0 atom stereocenters. The lowest BCUT2D eigenvalue weighted by Crippen LogP contribution is -2.37. The van der Waals surface area contributed by atoms with Crippen molar-refractivity contribution in [3.05, 3.63) is 93.5 Å². The third-order valence-corrected chi connectivity index (χ3v) is 7.24. The second kappa shape index (κ2) is 9.77. The fraction of sp³-hybridized carbons (Fsp3) is 0.208. The molecule has 0 spiro atoms. The van der Waals surface area contributed by atoms with Gasteiger partial charge < -0.3 is 5.32 Å². The maximum atomic E-state index is 13.3. The van der Waals surface area contributed by atoms with Crippen LogP contribution in [0.5, 0.6) is 0 Å². The number of nitrogens with one attached hydrogen (secondary N) is 1. The van der Waals surface area contributed by atoms with E-state index in [0.29, 0.717) is 5.69 Å². The topological polar surface area (TPSA) is 66.5 Å². The van der Waals surface area contributed by atoms with Crippen molar-refractivity contribution < 1.29 is 13.2 Å². The summed E-state index contributed by atoms with van der Waals surface area (Å²) in [6.45, 7) is 5.66. The van der Waals surface area contributed by atoms with Gasteiger partial charge in [0, 0.05) is 16.7 Å². The Morgan fingerprint density at radius 3 is 2.13 bits per heavy atom. The molecular weight excluding hydrogens is 476 g/mol. The molecule has 0 saturated carbocycles. The molecule has 0 bridgehead atoms. The minimum absolute atomic E-state index is 0.0962. The highest BCUT2D eigenvalue weighted by molar-refractivity contribution is 9.10. The molecule has 7 heteroatoms.